The Kier molecular flexibility index (Phi) is 2.60. The molecule has 1 heterocycles. The largest absolute Gasteiger partial charge is 0.316 e. The van der Waals surface area contributed by atoms with E-state index in [0.29, 0.717) is 5.41 Å². The van der Waals surface area contributed by atoms with Crippen molar-refractivity contribution in [2.45, 2.75) is 26.7 Å². The summed E-state index contributed by atoms with van der Waals surface area (Å²) < 4.78 is 0. The summed E-state index contributed by atoms with van der Waals surface area (Å²) in [6.07, 6.45) is 2.53. The Morgan fingerprint density at radius 3 is 2.50 bits per heavy atom. The molecule has 1 aromatic carbocycles. The van der Waals surface area contributed by atoms with Crippen molar-refractivity contribution in [1.29, 1.82) is 0 Å². The van der Waals surface area contributed by atoms with Gasteiger partial charge in [-0.2, -0.15) is 0 Å². The maximum atomic E-state index is 3.39. The molecule has 0 bridgehead atoms. The summed E-state index contributed by atoms with van der Waals surface area (Å²) in [5, 5.41) is 3.39. The maximum Gasteiger partial charge on any atom is 0.00233 e. The summed E-state index contributed by atoms with van der Waals surface area (Å²) in [6.45, 7) is 6.90. The van der Waals surface area contributed by atoms with Gasteiger partial charge in [0.2, 0.25) is 0 Å². The zero-order valence-corrected chi connectivity index (χ0v) is 9.14. The summed E-state index contributed by atoms with van der Waals surface area (Å²) in [6, 6.07) is 8.75. The molecule has 1 heteroatoms. The molecule has 1 saturated heterocycles. The molecule has 0 aliphatic carbocycles. The molecule has 0 amide bonds. The minimum Gasteiger partial charge on any atom is -0.316 e. The molecule has 1 N–H and O–H groups in total. The summed E-state index contributed by atoms with van der Waals surface area (Å²) in [7, 11) is 0. The highest BCUT2D eigenvalue weighted by molar-refractivity contribution is 5.27. The normalized spacial score (nSPS) is 19.0. The Morgan fingerprint density at radius 1 is 1.29 bits per heavy atom. The van der Waals surface area contributed by atoms with E-state index in [4.69, 9.17) is 0 Å². The first-order valence-electron chi connectivity index (χ1n) is 5.51. The van der Waals surface area contributed by atoms with Gasteiger partial charge >= 0.3 is 0 Å². The van der Waals surface area contributed by atoms with Crippen LogP contribution in [0.15, 0.2) is 24.3 Å². The number of benzene rings is 1. The molecule has 2 rings (SSSR count). The molecule has 0 saturated carbocycles. The lowest BCUT2D eigenvalue weighted by Gasteiger charge is -2.42. The molecule has 0 atom stereocenters. The van der Waals surface area contributed by atoms with Gasteiger partial charge in [0.05, 0.1) is 0 Å². The highest BCUT2D eigenvalue weighted by Crippen LogP contribution is 2.31. The second-order valence-electron chi connectivity index (χ2n) is 4.56. The fourth-order valence-electron chi connectivity index (χ4n) is 2.19. The van der Waals surface area contributed by atoms with E-state index in [0.717, 1.165) is 0 Å². The smallest absolute Gasteiger partial charge is 0.00233 e. The van der Waals surface area contributed by atoms with Crippen molar-refractivity contribution < 1.29 is 0 Å². The van der Waals surface area contributed by atoms with Gasteiger partial charge in [0.25, 0.3) is 0 Å². The molecule has 0 radical (unpaired) electrons. The van der Waals surface area contributed by atoms with Crippen molar-refractivity contribution in [1.82, 2.24) is 5.32 Å². The summed E-state index contributed by atoms with van der Waals surface area (Å²) in [5.41, 5.74) is 3.51. The average molecular weight is 189 g/mol. The first kappa shape index (κ1) is 9.72. The van der Waals surface area contributed by atoms with Crippen LogP contribution in [0.2, 0.25) is 0 Å². The fourth-order valence-corrected chi connectivity index (χ4v) is 2.19. The second kappa shape index (κ2) is 3.74. The number of hydrogen-bond donors (Lipinski definition) is 1. The van der Waals surface area contributed by atoms with E-state index >= 15 is 0 Å². The third-order valence-corrected chi connectivity index (χ3v) is 3.58. The average Bonchev–Trinajstić information content (AvgIpc) is 2.14. The lowest BCUT2D eigenvalue weighted by Crippen LogP contribution is -2.54. The van der Waals surface area contributed by atoms with Crippen LogP contribution in [-0.2, 0) is 6.42 Å². The Hall–Kier alpha value is -0.820. The number of rotatable bonds is 3. The SMILES string of the molecule is CCC1(Cc2ccccc2C)CNC1. The monoisotopic (exact) mass is 189 g/mol. The van der Waals surface area contributed by atoms with Crippen molar-refractivity contribution in [3.05, 3.63) is 35.4 Å². The molecular weight excluding hydrogens is 170 g/mol. The molecule has 1 aliphatic heterocycles. The Bertz CT molecular complexity index is 307. The number of hydrogen-bond acceptors (Lipinski definition) is 1. The zero-order chi connectivity index (χ0) is 10.0. The van der Waals surface area contributed by atoms with Gasteiger partial charge in [-0.1, -0.05) is 31.2 Å². The van der Waals surface area contributed by atoms with Crippen molar-refractivity contribution >= 4 is 0 Å². The van der Waals surface area contributed by atoms with Gasteiger partial charge in [0.1, 0.15) is 0 Å². The Labute approximate surface area is 86.5 Å². The van der Waals surface area contributed by atoms with Gasteiger partial charge < -0.3 is 5.32 Å². The topological polar surface area (TPSA) is 12.0 Å². The summed E-state index contributed by atoms with van der Waals surface area (Å²) in [4.78, 5) is 0. The zero-order valence-electron chi connectivity index (χ0n) is 9.14. The van der Waals surface area contributed by atoms with E-state index < -0.39 is 0 Å². The lowest BCUT2D eigenvalue weighted by atomic mass is 9.74. The lowest BCUT2D eigenvalue weighted by molar-refractivity contribution is 0.160. The number of aryl methyl sites for hydroxylation is 1. The van der Waals surface area contributed by atoms with Gasteiger partial charge in [0.15, 0.2) is 0 Å². The molecule has 1 fully saturated rings. The van der Waals surface area contributed by atoms with Crippen LogP contribution in [-0.4, -0.2) is 13.1 Å². The van der Waals surface area contributed by atoms with E-state index in [-0.39, 0.29) is 0 Å². The van der Waals surface area contributed by atoms with Crippen molar-refractivity contribution in [3.63, 3.8) is 0 Å². The van der Waals surface area contributed by atoms with Crippen LogP contribution in [0.5, 0.6) is 0 Å². The molecule has 0 aromatic heterocycles. The third kappa shape index (κ3) is 1.69. The minimum absolute atomic E-state index is 0.548. The van der Waals surface area contributed by atoms with Gasteiger partial charge in [-0.15, -0.1) is 0 Å². The molecule has 1 aromatic rings. The van der Waals surface area contributed by atoms with E-state index in [1.54, 1.807) is 0 Å². The van der Waals surface area contributed by atoms with Crippen LogP contribution in [0.25, 0.3) is 0 Å². The standard InChI is InChI=1S/C13H19N/c1-3-13(9-14-10-13)8-12-7-5-4-6-11(12)2/h4-7,14H,3,8-10H2,1-2H3. The van der Waals surface area contributed by atoms with Gasteiger partial charge in [0, 0.05) is 13.1 Å². The Balaban J connectivity index is 2.13. The number of nitrogens with one attached hydrogen (secondary N) is 1. The molecule has 0 unspecified atom stereocenters. The van der Waals surface area contributed by atoms with Crippen LogP contribution < -0.4 is 5.32 Å². The minimum atomic E-state index is 0.548. The highest BCUT2D eigenvalue weighted by Gasteiger charge is 2.35. The quantitative estimate of drug-likeness (QED) is 0.770. The molecule has 14 heavy (non-hydrogen) atoms. The van der Waals surface area contributed by atoms with E-state index in [2.05, 4.69) is 43.4 Å². The maximum absolute atomic E-state index is 3.39. The van der Waals surface area contributed by atoms with Crippen LogP contribution in [0.1, 0.15) is 24.5 Å². The van der Waals surface area contributed by atoms with Gasteiger partial charge in [-0.3, -0.25) is 0 Å². The van der Waals surface area contributed by atoms with Crippen LogP contribution in [0, 0.1) is 12.3 Å². The van der Waals surface area contributed by atoms with Gasteiger partial charge in [-0.05, 0) is 36.3 Å². The molecular formula is C13H19N. The third-order valence-electron chi connectivity index (χ3n) is 3.58. The highest BCUT2D eigenvalue weighted by atomic mass is 15.0. The predicted molar refractivity (Wildman–Crippen MR) is 60.5 cm³/mol. The fraction of sp³-hybridized carbons (Fsp3) is 0.538. The summed E-state index contributed by atoms with van der Waals surface area (Å²) >= 11 is 0. The molecule has 1 aliphatic rings. The van der Waals surface area contributed by atoms with Crippen molar-refractivity contribution in [2.75, 3.05) is 13.1 Å². The van der Waals surface area contributed by atoms with E-state index in [9.17, 15) is 0 Å². The van der Waals surface area contributed by atoms with Gasteiger partial charge in [-0.25, -0.2) is 0 Å². The predicted octanol–water partition coefficient (Wildman–Crippen LogP) is 2.54. The van der Waals surface area contributed by atoms with Crippen LogP contribution in [0.4, 0.5) is 0 Å². The van der Waals surface area contributed by atoms with E-state index in [1.807, 2.05) is 0 Å². The van der Waals surface area contributed by atoms with Crippen LogP contribution >= 0.6 is 0 Å². The second-order valence-corrected chi connectivity index (χ2v) is 4.56. The van der Waals surface area contributed by atoms with E-state index in [1.165, 1.54) is 37.1 Å². The first-order chi connectivity index (χ1) is 6.76. The van der Waals surface area contributed by atoms with Crippen LogP contribution in [0.3, 0.4) is 0 Å². The summed E-state index contributed by atoms with van der Waals surface area (Å²) in [5.74, 6) is 0. The Morgan fingerprint density at radius 2 is 2.00 bits per heavy atom. The van der Waals surface area contributed by atoms with Crippen molar-refractivity contribution in [3.8, 4) is 0 Å². The molecule has 76 valence electrons. The molecule has 0 spiro atoms. The first-order valence-corrected chi connectivity index (χ1v) is 5.51. The molecule has 1 nitrogen and oxygen atoms in total. The van der Waals surface area contributed by atoms with Crippen molar-refractivity contribution in [2.24, 2.45) is 5.41 Å².